The van der Waals surface area contributed by atoms with Crippen molar-refractivity contribution in [3.63, 3.8) is 0 Å². The summed E-state index contributed by atoms with van der Waals surface area (Å²) in [6.45, 7) is 7.49. The minimum Gasteiger partial charge on any atom is -0.369 e. The van der Waals surface area contributed by atoms with Crippen molar-refractivity contribution in [2.45, 2.75) is 33.7 Å². The van der Waals surface area contributed by atoms with Crippen LogP contribution in [-0.4, -0.2) is 27.8 Å². The molecule has 6 N–H and O–H groups in total. The summed E-state index contributed by atoms with van der Waals surface area (Å²) in [6, 6.07) is 5.64. The van der Waals surface area contributed by atoms with Crippen molar-refractivity contribution in [2.24, 2.45) is 17.4 Å². The van der Waals surface area contributed by atoms with Crippen LogP contribution >= 0.6 is 0 Å². The first-order valence-corrected chi connectivity index (χ1v) is 8.25. The van der Waals surface area contributed by atoms with Crippen LogP contribution in [0.5, 0.6) is 0 Å². The lowest BCUT2D eigenvalue weighted by Gasteiger charge is -2.19. The molecule has 138 valence electrons. The van der Waals surface area contributed by atoms with Crippen molar-refractivity contribution < 1.29 is 9.59 Å². The smallest absolute Gasteiger partial charge is 0.271 e. The van der Waals surface area contributed by atoms with E-state index in [9.17, 15) is 9.59 Å². The van der Waals surface area contributed by atoms with Gasteiger partial charge < -0.3 is 22.1 Å². The van der Waals surface area contributed by atoms with Gasteiger partial charge in [-0.3, -0.25) is 9.59 Å². The topological polar surface area (TPSA) is 136 Å². The Morgan fingerprint density at radius 2 is 1.69 bits per heavy atom. The number of anilines is 3. The summed E-state index contributed by atoms with van der Waals surface area (Å²) in [5.41, 5.74) is 13.7. The second-order valence-electron chi connectivity index (χ2n) is 6.44. The van der Waals surface area contributed by atoms with Crippen LogP contribution in [0, 0.1) is 19.8 Å². The van der Waals surface area contributed by atoms with Gasteiger partial charge in [0.1, 0.15) is 5.82 Å². The van der Waals surface area contributed by atoms with Gasteiger partial charge in [0.15, 0.2) is 11.5 Å². The third-order valence-corrected chi connectivity index (χ3v) is 4.06. The number of aromatic nitrogens is 2. The maximum Gasteiger partial charge on any atom is 0.271 e. The van der Waals surface area contributed by atoms with E-state index in [0.29, 0.717) is 5.82 Å². The lowest BCUT2D eigenvalue weighted by atomic mass is 10.0. The number of nitrogens with two attached hydrogens (primary N) is 2. The highest BCUT2D eigenvalue weighted by Crippen LogP contribution is 2.22. The number of carbonyl (C=O) groups excluding carboxylic acids is 2. The number of hydrogen-bond donors (Lipinski definition) is 4. The Morgan fingerprint density at radius 3 is 2.23 bits per heavy atom. The van der Waals surface area contributed by atoms with Crippen LogP contribution in [0.2, 0.25) is 0 Å². The van der Waals surface area contributed by atoms with E-state index >= 15 is 0 Å². The molecule has 8 nitrogen and oxygen atoms in total. The second-order valence-corrected chi connectivity index (χ2v) is 6.44. The summed E-state index contributed by atoms with van der Waals surface area (Å²) >= 11 is 0. The Bertz CT molecular complexity index is 816. The molecule has 1 aromatic carbocycles. The van der Waals surface area contributed by atoms with E-state index in [2.05, 4.69) is 20.6 Å². The molecule has 1 heterocycles. The predicted octanol–water partition coefficient (Wildman–Crippen LogP) is 1.86. The molecule has 0 aliphatic heterocycles. The van der Waals surface area contributed by atoms with Crippen LogP contribution in [0.25, 0.3) is 0 Å². The Hall–Kier alpha value is -3.16. The highest BCUT2D eigenvalue weighted by atomic mass is 16.1. The summed E-state index contributed by atoms with van der Waals surface area (Å²) < 4.78 is 0. The van der Waals surface area contributed by atoms with Crippen LogP contribution in [0.15, 0.2) is 24.4 Å². The Kier molecular flexibility index (Phi) is 5.76. The predicted molar refractivity (Wildman–Crippen MR) is 101 cm³/mol. The van der Waals surface area contributed by atoms with E-state index in [0.717, 1.165) is 16.8 Å². The van der Waals surface area contributed by atoms with Crippen LogP contribution in [0.3, 0.4) is 0 Å². The molecule has 2 unspecified atom stereocenters. The van der Waals surface area contributed by atoms with E-state index in [1.54, 1.807) is 6.92 Å². The molecule has 0 aliphatic carbocycles. The first-order valence-electron chi connectivity index (χ1n) is 8.25. The number of amides is 2. The van der Waals surface area contributed by atoms with Gasteiger partial charge in [-0.2, -0.15) is 0 Å². The average molecular weight is 356 g/mol. The summed E-state index contributed by atoms with van der Waals surface area (Å²) in [5, 5.41) is 6.17. The van der Waals surface area contributed by atoms with Gasteiger partial charge in [0.2, 0.25) is 5.91 Å². The van der Waals surface area contributed by atoms with Crippen LogP contribution in [0.4, 0.5) is 17.3 Å². The monoisotopic (exact) mass is 356 g/mol. The molecule has 26 heavy (non-hydrogen) atoms. The van der Waals surface area contributed by atoms with Gasteiger partial charge >= 0.3 is 0 Å². The molecule has 2 aromatic rings. The van der Waals surface area contributed by atoms with E-state index < -0.39 is 17.7 Å². The largest absolute Gasteiger partial charge is 0.369 e. The van der Waals surface area contributed by atoms with Gasteiger partial charge in [-0.15, -0.1) is 0 Å². The van der Waals surface area contributed by atoms with E-state index in [-0.39, 0.29) is 17.6 Å². The molecule has 0 radical (unpaired) electrons. The number of nitrogens with one attached hydrogen (secondary N) is 2. The number of hydrogen-bond acceptors (Lipinski definition) is 6. The molecule has 1 aromatic heterocycles. The fraction of sp³-hybridized carbons (Fsp3) is 0.333. The number of primary amides is 2. The Balaban J connectivity index is 2.33. The average Bonchev–Trinajstić information content (AvgIpc) is 2.52. The fourth-order valence-electron chi connectivity index (χ4n) is 2.51. The van der Waals surface area contributed by atoms with E-state index in [1.165, 1.54) is 6.20 Å². The second kappa shape index (κ2) is 7.81. The third kappa shape index (κ3) is 4.69. The fourth-order valence-corrected chi connectivity index (χ4v) is 2.51. The van der Waals surface area contributed by atoms with Crippen LogP contribution in [-0.2, 0) is 4.79 Å². The molecule has 8 heteroatoms. The Labute approximate surface area is 152 Å². The molecular formula is C18H24N6O2. The summed E-state index contributed by atoms with van der Waals surface area (Å²) in [6.07, 6.45) is 1.40. The van der Waals surface area contributed by atoms with Gasteiger partial charge in [0.05, 0.1) is 12.1 Å². The van der Waals surface area contributed by atoms with E-state index in [1.807, 2.05) is 39.0 Å². The number of carbonyl (C=O) groups is 2. The molecule has 0 bridgehead atoms. The molecule has 0 aliphatic rings. The number of rotatable bonds is 7. The van der Waals surface area contributed by atoms with Crippen molar-refractivity contribution in [1.29, 1.82) is 0 Å². The molecule has 2 atom stereocenters. The summed E-state index contributed by atoms with van der Waals surface area (Å²) in [7, 11) is 0. The van der Waals surface area contributed by atoms with E-state index in [4.69, 9.17) is 11.5 Å². The molecule has 0 spiro atoms. The highest BCUT2D eigenvalue weighted by molar-refractivity contribution is 5.96. The minimum atomic E-state index is -0.686. The zero-order chi connectivity index (χ0) is 19.4. The normalized spacial score (nSPS) is 12.9. The standard InChI is InChI=1S/C18H24N6O2/c1-9-5-10(2)7-13(6-9)23-18-15(17(20)26)21-8-14(24-18)22-12(4)11(3)16(19)25/h5-8,11-12H,1-4H3,(H2,19,25)(H2,20,26)(H2,22,23,24). The van der Waals surface area contributed by atoms with Crippen molar-refractivity contribution in [3.05, 3.63) is 41.2 Å². The van der Waals surface area contributed by atoms with Crippen molar-refractivity contribution in [1.82, 2.24) is 9.97 Å². The number of nitrogens with zero attached hydrogens (tertiary/aromatic N) is 2. The molecular weight excluding hydrogens is 332 g/mol. The van der Waals surface area contributed by atoms with Gasteiger partial charge in [0, 0.05) is 11.7 Å². The molecule has 2 rings (SSSR count). The zero-order valence-electron chi connectivity index (χ0n) is 15.3. The van der Waals surface area contributed by atoms with Crippen molar-refractivity contribution in [2.75, 3.05) is 10.6 Å². The van der Waals surface area contributed by atoms with Crippen molar-refractivity contribution in [3.8, 4) is 0 Å². The highest BCUT2D eigenvalue weighted by Gasteiger charge is 2.19. The lowest BCUT2D eigenvalue weighted by Crippen LogP contribution is -2.34. The first kappa shape index (κ1) is 19.2. The van der Waals surface area contributed by atoms with Crippen LogP contribution < -0.4 is 22.1 Å². The number of benzene rings is 1. The summed E-state index contributed by atoms with van der Waals surface area (Å²) in [4.78, 5) is 31.5. The number of aryl methyl sites for hydroxylation is 2. The molecule has 2 amide bonds. The maximum absolute atomic E-state index is 11.7. The van der Waals surface area contributed by atoms with Crippen molar-refractivity contribution >= 4 is 29.1 Å². The van der Waals surface area contributed by atoms with Gasteiger partial charge in [0.25, 0.3) is 5.91 Å². The lowest BCUT2D eigenvalue weighted by molar-refractivity contribution is -0.121. The minimum absolute atomic E-state index is 0.0327. The van der Waals surface area contributed by atoms with Gasteiger partial charge in [-0.25, -0.2) is 9.97 Å². The van der Waals surface area contributed by atoms with Gasteiger partial charge in [-0.1, -0.05) is 13.0 Å². The van der Waals surface area contributed by atoms with Gasteiger partial charge in [-0.05, 0) is 44.0 Å². The van der Waals surface area contributed by atoms with Crippen LogP contribution in [0.1, 0.15) is 35.5 Å². The summed E-state index contributed by atoms with van der Waals surface area (Å²) in [5.74, 6) is -0.855. The quantitative estimate of drug-likeness (QED) is 0.598. The first-order chi connectivity index (χ1) is 12.2. The molecule has 0 saturated carbocycles. The Morgan fingerprint density at radius 1 is 1.08 bits per heavy atom. The SMILES string of the molecule is Cc1cc(C)cc(Nc2nc(NC(C)C(C)C(N)=O)cnc2C(N)=O)c1. The third-order valence-electron chi connectivity index (χ3n) is 4.06. The molecule has 0 fully saturated rings. The maximum atomic E-state index is 11.7. The zero-order valence-corrected chi connectivity index (χ0v) is 15.3. The molecule has 0 saturated heterocycles.